The Labute approximate surface area is 136 Å². The van der Waals surface area contributed by atoms with Crippen molar-refractivity contribution in [1.82, 2.24) is 9.97 Å². The number of carbonyl (C=O) groups excluding carboxylic acids is 1. The van der Waals surface area contributed by atoms with Gasteiger partial charge in [-0.05, 0) is 30.0 Å². The summed E-state index contributed by atoms with van der Waals surface area (Å²) in [5, 5.41) is 2.98. The van der Waals surface area contributed by atoms with Crippen molar-refractivity contribution in [3.8, 4) is 11.8 Å². The van der Waals surface area contributed by atoms with E-state index in [0.29, 0.717) is 6.42 Å². The lowest BCUT2D eigenvalue weighted by molar-refractivity contribution is 0.0910. The van der Waals surface area contributed by atoms with E-state index in [-0.39, 0.29) is 11.2 Å². The summed E-state index contributed by atoms with van der Waals surface area (Å²) >= 11 is 0. The van der Waals surface area contributed by atoms with Gasteiger partial charge >= 0.3 is 0 Å². The molecule has 0 amide bonds. The van der Waals surface area contributed by atoms with Crippen molar-refractivity contribution in [1.29, 1.82) is 0 Å². The van der Waals surface area contributed by atoms with Crippen LogP contribution in [0.3, 0.4) is 0 Å². The minimum atomic E-state index is -0.00906. The lowest BCUT2D eigenvalue weighted by atomic mass is 9.75. The molecular formula is C19H19N3O. The summed E-state index contributed by atoms with van der Waals surface area (Å²) in [5.41, 5.74) is 3.24. The van der Waals surface area contributed by atoms with Crippen LogP contribution in [0.1, 0.15) is 47.4 Å². The number of carbonyl (C=O) groups is 1. The maximum Gasteiger partial charge on any atom is 0.165 e. The molecule has 3 rings (SSSR count). The Hall–Kier alpha value is -2.67. The molecular weight excluding hydrogens is 286 g/mol. The van der Waals surface area contributed by atoms with Crippen LogP contribution >= 0.6 is 0 Å². The van der Waals surface area contributed by atoms with Gasteiger partial charge in [0.2, 0.25) is 0 Å². The van der Waals surface area contributed by atoms with Crippen molar-refractivity contribution in [3.05, 3.63) is 53.0 Å². The van der Waals surface area contributed by atoms with E-state index in [1.165, 1.54) is 0 Å². The quantitative estimate of drug-likeness (QED) is 0.823. The molecule has 0 aromatic carbocycles. The number of pyridine rings is 2. The summed E-state index contributed by atoms with van der Waals surface area (Å²) in [4.78, 5) is 20.9. The van der Waals surface area contributed by atoms with Crippen molar-refractivity contribution in [2.24, 2.45) is 5.41 Å². The number of nitrogens with one attached hydrogen (secondary N) is 1. The van der Waals surface area contributed by atoms with Crippen molar-refractivity contribution >= 4 is 11.6 Å². The number of nitrogens with zero attached hydrogens (tertiary/aromatic N) is 2. The molecule has 2 aromatic rings. The second-order valence-electron chi connectivity index (χ2n) is 6.59. The number of Topliss-reactive ketones (excluding diaryl/α,β-unsaturated/α-hetero) is 1. The number of aromatic nitrogens is 2. The Kier molecular flexibility index (Phi) is 3.87. The lowest BCUT2D eigenvalue weighted by Gasteiger charge is -2.29. The molecule has 0 unspecified atom stereocenters. The van der Waals surface area contributed by atoms with Gasteiger partial charge in [0.05, 0.1) is 5.69 Å². The van der Waals surface area contributed by atoms with Crippen molar-refractivity contribution < 1.29 is 4.79 Å². The third-order valence-corrected chi connectivity index (χ3v) is 3.92. The highest BCUT2D eigenvalue weighted by atomic mass is 16.1. The molecule has 23 heavy (non-hydrogen) atoms. The second-order valence-corrected chi connectivity index (χ2v) is 6.59. The van der Waals surface area contributed by atoms with E-state index in [2.05, 4.69) is 41.0 Å². The smallest absolute Gasteiger partial charge is 0.165 e. The lowest BCUT2D eigenvalue weighted by Crippen LogP contribution is -2.27. The largest absolute Gasteiger partial charge is 0.373 e. The molecule has 2 heterocycles. The first-order valence-corrected chi connectivity index (χ1v) is 7.65. The van der Waals surface area contributed by atoms with E-state index >= 15 is 0 Å². The standard InChI is InChI=1S/C19H19N3O/c1-19(2)10-16-15(17(23)11-19)8-14(12-22-16)5-4-13-6-7-21-18(9-13)20-3/h6-9,12H,10-11H2,1-3H3,(H,20,21). The SMILES string of the molecule is CNc1cc(C#Cc2cnc3c(c2)C(=O)CC(C)(C)C3)ccn1. The highest BCUT2D eigenvalue weighted by molar-refractivity contribution is 5.98. The minimum absolute atomic E-state index is 0.00906. The molecule has 0 saturated carbocycles. The molecule has 0 aliphatic heterocycles. The van der Waals surface area contributed by atoms with Gasteiger partial charge in [-0.25, -0.2) is 4.98 Å². The Balaban J connectivity index is 1.90. The van der Waals surface area contributed by atoms with Gasteiger partial charge in [0.1, 0.15) is 5.82 Å². The minimum Gasteiger partial charge on any atom is -0.373 e. The monoisotopic (exact) mass is 305 g/mol. The molecule has 116 valence electrons. The van der Waals surface area contributed by atoms with E-state index < -0.39 is 0 Å². The van der Waals surface area contributed by atoms with E-state index in [1.54, 1.807) is 12.4 Å². The molecule has 0 saturated heterocycles. The highest BCUT2D eigenvalue weighted by Crippen LogP contribution is 2.33. The van der Waals surface area contributed by atoms with Crippen molar-refractivity contribution in [2.45, 2.75) is 26.7 Å². The Morgan fingerprint density at radius 3 is 2.70 bits per heavy atom. The summed E-state index contributed by atoms with van der Waals surface area (Å²) in [6.07, 6.45) is 4.86. The maximum absolute atomic E-state index is 12.3. The normalized spacial score (nSPS) is 15.3. The predicted octanol–water partition coefficient (Wildman–Crippen LogP) is 3.07. The van der Waals surface area contributed by atoms with Gasteiger partial charge in [-0.3, -0.25) is 9.78 Å². The summed E-state index contributed by atoms with van der Waals surface area (Å²) in [6.45, 7) is 4.21. The summed E-state index contributed by atoms with van der Waals surface area (Å²) in [5.74, 6) is 7.11. The van der Waals surface area contributed by atoms with E-state index in [9.17, 15) is 4.79 Å². The van der Waals surface area contributed by atoms with Gasteiger partial charge in [0, 0.05) is 42.6 Å². The predicted molar refractivity (Wildman–Crippen MR) is 90.4 cm³/mol. The van der Waals surface area contributed by atoms with Crippen LogP contribution in [0, 0.1) is 17.3 Å². The van der Waals surface area contributed by atoms with Crippen LogP contribution in [0.15, 0.2) is 30.6 Å². The number of rotatable bonds is 1. The average molecular weight is 305 g/mol. The zero-order valence-electron chi connectivity index (χ0n) is 13.6. The van der Waals surface area contributed by atoms with Gasteiger partial charge in [0.15, 0.2) is 5.78 Å². The molecule has 1 N–H and O–H groups in total. The van der Waals surface area contributed by atoms with Crippen LogP contribution in [0.2, 0.25) is 0 Å². The van der Waals surface area contributed by atoms with Crippen LogP contribution in [0.25, 0.3) is 0 Å². The van der Waals surface area contributed by atoms with Crippen LogP contribution in [-0.4, -0.2) is 22.8 Å². The van der Waals surface area contributed by atoms with E-state index in [4.69, 9.17) is 0 Å². The van der Waals surface area contributed by atoms with E-state index in [0.717, 1.165) is 34.6 Å². The third kappa shape index (κ3) is 3.40. The molecule has 0 fully saturated rings. The molecule has 0 atom stereocenters. The van der Waals surface area contributed by atoms with Crippen LogP contribution < -0.4 is 5.32 Å². The molecule has 0 radical (unpaired) electrons. The first-order valence-electron chi connectivity index (χ1n) is 7.65. The Morgan fingerprint density at radius 1 is 1.13 bits per heavy atom. The van der Waals surface area contributed by atoms with Gasteiger partial charge in [-0.2, -0.15) is 0 Å². The number of hydrogen-bond acceptors (Lipinski definition) is 4. The summed E-state index contributed by atoms with van der Waals surface area (Å²) in [6, 6.07) is 5.60. The zero-order valence-corrected chi connectivity index (χ0v) is 13.6. The fourth-order valence-electron chi connectivity index (χ4n) is 2.78. The average Bonchev–Trinajstić information content (AvgIpc) is 2.52. The highest BCUT2D eigenvalue weighted by Gasteiger charge is 2.31. The topological polar surface area (TPSA) is 54.9 Å². The number of ketones is 1. The van der Waals surface area contributed by atoms with Gasteiger partial charge in [-0.1, -0.05) is 25.7 Å². The van der Waals surface area contributed by atoms with Crippen LogP contribution in [-0.2, 0) is 6.42 Å². The molecule has 0 bridgehead atoms. The fourth-order valence-corrected chi connectivity index (χ4v) is 2.78. The van der Waals surface area contributed by atoms with Crippen LogP contribution in [0.5, 0.6) is 0 Å². The van der Waals surface area contributed by atoms with Gasteiger partial charge in [-0.15, -0.1) is 0 Å². The van der Waals surface area contributed by atoms with Crippen LogP contribution in [0.4, 0.5) is 5.82 Å². The first kappa shape index (κ1) is 15.2. The van der Waals surface area contributed by atoms with Crippen molar-refractivity contribution in [2.75, 3.05) is 12.4 Å². The molecule has 2 aromatic heterocycles. The van der Waals surface area contributed by atoms with E-state index in [1.807, 2.05) is 25.2 Å². The van der Waals surface area contributed by atoms with Gasteiger partial charge in [0.25, 0.3) is 0 Å². The number of hydrogen-bond donors (Lipinski definition) is 1. The second kappa shape index (κ2) is 5.85. The fraction of sp³-hybridized carbons (Fsp3) is 0.316. The Morgan fingerprint density at radius 2 is 1.91 bits per heavy atom. The number of fused-ring (bicyclic) bond motifs is 1. The Bertz CT molecular complexity index is 828. The molecule has 1 aliphatic rings. The first-order chi connectivity index (χ1) is 11.0. The third-order valence-electron chi connectivity index (χ3n) is 3.92. The van der Waals surface area contributed by atoms with Crippen molar-refractivity contribution in [3.63, 3.8) is 0 Å². The molecule has 1 aliphatic carbocycles. The zero-order chi connectivity index (χ0) is 16.4. The maximum atomic E-state index is 12.3. The molecule has 4 heteroatoms. The summed E-state index contributed by atoms with van der Waals surface area (Å²) in [7, 11) is 1.82. The summed E-state index contributed by atoms with van der Waals surface area (Å²) < 4.78 is 0. The van der Waals surface area contributed by atoms with Gasteiger partial charge < -0.3 is 5.32 Å². The molecule has 4 nitrogen and oxygen atoms in total. The number of anilines is 1. The molecule has 0 spiro atoms.